The normalized spacial score (nSPS) is 26.6. The van der Waals surface area contributed by atoms with Crippen molar-refractivity contribution in [2.75, 3.05) is 0 Å². The van der Waals surface area contributed by atoms with Gasteiger partial charge in [-0.15, -0.1) is 0 Å². The zero-order valence-electron chi connectivity index (χ0n) is 8.83. The van der Waals surface area contributed by atoms with Crippen molar-refractivity contribution < 1.29 is 18.3 Å². The van der Waals surface area contributed by atoms with Crippen molar-refractivity contribution in [2.45, 2.75) is 31.5 Å². The van der Waals surface area contributed by atoms with Gasteiger partial charge in [0.2, 0.25) is 0 Å². The molecular formula is C12H13F3O. The third-order valence-corrected chi connectivity index (χ3v) is 3.13. The lowest BCUT2D eigenvalue weighted by Crippen LogP contribution is -2.10. The Morgan fingerprint density at radius 2 is 1.94 bits per heavy atom. The Labute approximate surface area is 91.9 Å². The summed E-state index contributed by atoms with van der Waals surface area (Å²) in [7, 11) is 0. The van der Waals surface area contributed by atoms with Gasteiger partial charge in [-0.1, -0.05) is 18.2 Å². The summed E-state index contributed by atoms with van der Waals surface area (Å²) in [6.45, 7) is 1.63. The third-order valence-electron chi connectivity index (χ3n) is 3.13. The smallest absolute Gasteiger partial charge is 0.393 e. The van der Waals surface area contributed by atoms with Crippen LogP contribution in [0.3, 0.4) is 0 Å². The Morgan fingerprint density at radius 3 is 2.44 bits per heavy atom. The maximum Gasteiger partial charge on any atom is 0.416 e. The average Bonchev–Trinajstić information content (AvgIpc) is 2.95. The molecule has 0 aliphatic heterocycles. The molecule has 2 rings (SSSR count). The summed E-state index contributed by atoms with van der Waals surface area (Å²) in [5.74, 6) is -0.165. The van der Waals surface area contributed by atoms with Crippen LogP contribution in [0.5, 0.6) is 0 Å². The first-order valence-electron chi connectivity index (χ1n) is 5.25. The second kappa shape index (κ2) is 3.77. The van der Waals surface area contributed by atoms with Gasteiger partial charge in [-0.3, -0.25) is 0 Å². The van der Waals surface area contributed by atoms with E-state index < -0.39 is 17.8 Å². The molecule has 1 nitrogen and oxygen atoms in total. The summed E-state index contributed by atoms with van der Waals surface area (Å²) in [4.78, 5) is 0. The Balaban J connectivity index is 2.29. The van der Waals surface area contributed by atoms with E-state index in [0.717, 1.165) is 6.07 Å². The number of benzene rings is 1. The number of hydrogen-bond acceptors (Lipinski definition) is 1. The predicted octanol–water partition coefficient (Wildman–Crippen LogP) is 3.19. The standard InChI is InChI=1S/C12H13F3O/c1-7(16)9-6-10(9)8-4-2-3-5-11(8)12(13,14)15/h2-5,7,9-10,16H,6H2,1H3/t7-,9+,10-/m1/s1. The highest BCUT2D eigenvalue weighted by molar-refractivity contribution is 5.36. The first-order valence-corrected chi connectivity index (χ1v) is 5.25. The van der Waals surface area contributed by atoms with Crippen molar-refractivity contribution in [1.29, 1.82) is 0 Å². The van der Waals surface area contributed by atoms with Gasteiger partial charge >= 0.3 is 6.18 Å². The number of hydrogen-bond donors (Lipinski definition) is 1. The fraction of sp³-hybridized carbons (Fsp3) is 0.500. The molecule has 0 aromatic heterocycles. The highest BCUT2D eigenvalue weighted by Crippen LogP contribution is 2.52. The van der Waals surface area contributed by atoms with Crippen LogP contribution >= 0.6 is 0 Å². The molecule has 16 heavy (non-hydrogen) atoms. The second-order valence-corrected chi connectivity index (χ2v) is 4.33. The van der Waals surface area contributed by atoms with Crippen LogP contribution in [0.2, 0.25) is 0 Å². The fourth-order valence-electron chi connectivity index (χ4n) is 2.18. The summed E-state index contributed by atoms with van der Waals surface area (Å²) >= 11 is 0. The molecular weight excluding hydrogens is 217 g/mol. The molecule has 0 saturated heterocycles. The maximum atomic E-state index is 12.7. The van der Waals surface area contributed by atoms with E-state index in [0.29, 0.717) is 12.0 Å². The molecule has 1 fully saturated rings. The molecule has 1 aromatic carbocycles. The zero-order chi connectivity index (χ0) is 11.9. The third kappa shape index (κ3) is 2.07. The number of halogens is 3. The van der Waals surface area contributed by atoms with E-state index in [1.165, 1.54) is 12.1 Å². The van der Waals surface area contributed by atoms with Gasteiger partial charge in [-0.2, -0.15) is 13.2 Å². The SMILES string of the molecule is C[C@@H](O)[C@@H]1C[C@@H]1c1ccccc1C(F)(F)F. The molecule has 0 radical (unpaired) electrons. The van der Waals surface area contributed by atoms with Gasteiger partial charge in [0.15, 0.2) is 0 Å². The lowest BCUT2D eigenvalue weighted by atomic mass is 10.0. The molecule has 1 aromatic rings. The first-order chi connectivity index (χ1) is 7.41. The molecule has 0 amide bonds. The Kier molecular flexibility index (Phi) is 2.70. The molecule has 4 heteroatoms. The summed E-state index contributed by atoms with van der Waals surface area (Å²) in [6, 6.07) is 5.62. The molecule has 3 atom stereocenters. The molecule has 88 valence electrons. The quantitative estimate of drug-likeness (QED) is 0.827. The van der Waals surface area contributed by atoms with Gasteiger partial charge in [0.25, 0.3) is 0 Å². The topological polar surface area (TPSA) is 20.2 Å². The highest BCUT2D eigenvalue weighted by Gasteiger charge is 2.45. The van der Waals surface area contributed by atoms with Crippen LogP contribution in [0, 0.1) is 5.92 Å². The van der Waals surface area contributed by atoms with E-state index >= 15 is 0 Å². The van der Waals surface area contributed by atoms with Crippen LogP contribution in [-0.2, 0) is 6.18 Å². The Bertz CT molecular complexity index is 384. The summed E-state index contributed by atoms with van der Waals surface area (Å²) < 4.78 is 38.1. The lowest BCUT2D eigenvalue weighted by Gasteiger charge is -2.12. The van der Waals surface area contributed by atoms with Crippen molar-refractivity contribution in [2.24, 2.45) is 5.92 Å². The van der Waals surface area contributed by atoms with E-state index in [1.807, 2.05) is 0 Å². The van der Waals surface area contributed by atoms with Gasteiger partial charge < -0.3 is 5.11 Å². The largest absolute Gasteiger partial charge is 0.416 e. The van der Waals surface area contributed by atoms with E-state index in [2.05, 4.69) is 0 Å². The molecule has 1 aliphatic rings. The number of alkyl halides is 3. The number of aliphatic hydroxyl groups is 1. The predicted molar refractivity (Wildman–Crippen MR) is 54.0 cm³/mol. The second-order valence-electron chi connectivity index (χ2n) is 4.33. The maximum absolute atomic E-state index is 12.7. The minimum absolute atomic E-state index is 0.0245. The molecule has 1 saturated carbocycles. The van der Waals surface area contributed by atoms with Crippen molar-refractivity contribution in [1.82, 2.24) is 0 Å². The molecule has 0 bridgehead atoms. The van der Waals surface area contributed by atoms with Gasteiger partial charge in [0, 0.05) is 0 Å². The van der Waals surface area contributed by atoms with Crippen LogP contribution in [0.4, 0.5) is 13.2 Å². The number of aliphatic hydroxyl groups excluding tert-OH is 1. The number of rotatable bonds is 2. The van der Waals surface area contributed by atoms with Crippen LogP contribution in [0.1, 0.15) is 30.4 Å². The Morgan fingerprint density at radius 1 is 1.31 bits per heavy atom. The van der Waals surface area contributed by atoms with Gasteiger partial charge in [-0.05, 0) is 36.8 Å². The van der Waals surface area contributed by atoms with E-state index in [-0.39, 0.29) is 11.8 Å². The van der Waals surface area contributed by atoms with Gasteiger partial charge in [-0.25, -0.2) is 0 Å². The summed E-state index contributed by atoms with van der Waals surface area (Å²) in [5.41, 5.74) is -0.246. The van der Waals surface area contributed by atoms with E-state index in [9.17, 15) is 18.3 Å². The van der Waals surface area contributed by atoms with E-state index in [1.54, 1.807) is 13.0 Å². The van der Waals surface area contributed by atoms with Crippen molar-refractivity contribution in [3.63, 3.8) is 0 Å². The summed E-state index contributed by atoms with van der Waals surface area (Å²) in [5, 5.41) is 9.34. The molecule has 0 spiro atoms. The van der Waals surface area contributed by atoms with Crippen LogP contribution in [0.15, 0.2) is 24.3 Å². The highest BCUT2D eigenvalue weighted by atomic mass is 19.4. The zero-order valence-corrected chi connectivity index (χ0v) is 8.83. The Hall–Kier alpha value is -1.03. The van der Waals surface area contributed by atoms with E-state index in [4.69, 9.17) is 0 Å². The minimum atomic E-state index is -4.30. The molecule has 0 heterocycles. The monoisotopic (exact) mass is 230 g/mol. The molecule has 1 aliphatic carbocycles. The average molecular weight is 230 g/mol. The van der Waals surface area contributed by atoms with Crippen molar-refractivity contribution >= 4 is 0 Å². The van der Waals surface area contributed by atoms with Crippen LogP contribution in [-0.4, -0.2) is 11.2 Å². The van der Waals surface area contributed by atoms with Crippen LogP contribution < -0.4 is 0 Å². The van der Waals surface area contributed by atoms with Crippen molar-refractivity contribution in [3.05, 3.63) is 35.4 Å². The lowest BCUT2D eigenvalue weighted by molar-refractivity contribution is -0.138. The van der Waals surface area contributed by atoms with Gasteiger partial charge in [0.1, 0.15) is 0 Å². The molecule has 1 N–H and O–H groups in total. The van der Waals surface area contributed by atoms with Crippen molar-refractivity contribution in [3.8, 4) is 0 Å². The fourth-order valence-corrected chi connectivity index (χ4v) is 2.18. The van der Waals surface area contributed by atoms with Crippen LogP contribution in [0.25, 0.3) is 0 Å². The molecule has 0 unspecified atom stereocenters. The van der Waals surface area contributed by atoms with Gasteiger partial charge in [0.05, 0.1) is 11.7 Å². The summed E-state index contributed by atoms with van der Waals surface area (Å²) in [6.07, 6.45) is -4.20. The minimum Gasteiger partial charge on any atom is -0.393 e. The first kappa shape index (κ1) is 11.5.